The molecule has 0 unspecified atom stereocenters. The van der Waals surface area contributed by atoms with Crippen LogP contribution in [0.15, 0.2) is 65.6 Å². The van der Waals surface area contributed by atoms with E-state index in [-0.39, 0.29) is 23.4 Å². The van der Waals surface area contributed by atoms with Crippen LogP contribution >= 0.6 is 0 Å². The van der Waals surface area contributed by atoms with Crippen molar-refractivity contribution in [1.82, 2.24) is 19.8 Å². The number of sulfonamides is 1. The van der Waals surface area contributed by atoms with Gasteiger partial charge in [-0.25, -0.2) is 13.1 Å². The van der Waals surface area contributed by atoms with E-state index in [0.717, 1.165) is 38.2 Å². The van der Waals surface area contributed by atoms with Crippen LogP contribution in [0.5, 0.6) is 0 Å². The molecule has 2 N–H and O–H groups in total. The molecule has 2 aromatic carbocycles. The van der Waals surface area contributed by atoms with E-state index in [0.29, 0.717) is 13.1 Å². The van der Waals surface area contributed by atoms with Gasteiger partial charge in [0, 0.05) is 45.3 Å². The number of amides is 1. The molecule has 0 bridgehead atoms. The highest BCUT2D eigenvalue weighted by Crippen LogP contribution is 2.22. The second-order valence-corrected chi connectivity index (χ2v) is 9.52. The van der Waals surface area contributed by atoms with Gasteiger partial charge in [-0.15, -0.1) is 0 Å². The first-order chi connectivity index (χ1) is 15.0. The minimum Gasteiger partial charge on any atom is -0.355 e. The van der Waals surface area contributed by atoms with Gasteiger partial charge in [-0.05, 0) is 24.1 Å². The number of hydrogen-bond donors (Lipinski definition) is 2. The zero-order valence-electron chi connectivity index (χ0n) is 18.0. The van der Waals surface area contributed by atoms with Gasteiger partial charge in [-0.1, -0.05) is 55.5 Å². The minimum absolute atomic E-state index is 0.0607. The number of piperazine rings is 1. The van der Waals surface area contributed by atoms with Crippen LogP contribution in [0.1, 0.15) is 24.9 Å². The van der Waals surface area contributed by atoms with Crippen molar-refractivity contribution in [2.24, 2.45) is 0 Å². The molecule has 1 saturated heterocycles. The van der Waals surface area contributed by atoms with E-state index in [4.69, 9.17) is 0 Å². The third-order valence-corrected chi connectivity index (χ3v) is 6.93. The number of benzene rings is 2. The molecule has 7 nitrogen and oxygen atoms in total. The quantitative estimate of drug-likeness (QED) is 0.585. The standard InChI is InChI=1S/C23H32N4O3S/c1-2-13-24-23(28)19-26-14-16-27(17-15-26)22(20-9-5-3-6-10-20)18-25-31(29,30)21-11-7-4-8-12-21/h3-12,22,25H,2,13-19H2,1H3,(H,24,28)/t22-/m1/s1. The molecular formula is C23H32N4O3S. The second kappa shape index (κ2) is 11.4. The van der Waals surface area contributed by atoms with E-state index in [1.54, 1.807) is 30.3 Å². The summed E-state index contributed by atoms with van der Waals surface area (Å²) in [5.41, 5.74) is 1.08. The predicted octanol–water partition coefficient (Wildman–Crippen LogP) is 1.85. The Balaban J connectivity index is 1.64. The first-order valence-electron chi connectivity index (χ1n) is 10.8. The highest BCUT2D eigenvalue weighted by Gasteiger charge is 2.27. The van der Waals surface area contributed by atoms with Crippen molar-refractivity contribution in [2.75, 3.05) is 45.8 Å². The van der Waals surface area contributed by atoms with Crippen LogP contribution in [0.4, 0.5) is 0 Å². The highest BCUT2D eigenvalue weighted by atomic mass is 32.2. The third-order valence-electron chi connectivity index (χ3n) is 5.49. The molecule has 1 amide bonds. The lowest BCUT2D eigenvalue weighted by molar-refractivity contribution is -0.122. The van der Waals surface area contributed by atoms with Gasteiger partial charge in [0.15, 0.2) is 0 Å². The summed E-state index contributed by atoms with van der Waals surface area (Å²) >= 11 is 0. The zero-order chi connectivity index (χ0) is 22.1. The Morgan fingerprint density at radius 2 is 1.58 bits per heavy atom. The van der Waals surface area contributed by atoms with E-state index in [9.17, 15) is 13.2 Å². The molecule has 1 aliphatic heterocycles. The predicted molar refractivity (Wildman–Crippen MR) is 122 cm³/mol. The van der Waals surface area contributed by atoms with Crippen molar-refractivity contribution >= 4 is 15.9 Å². The van der Waals surface area contributed by atoms with Crippen LogP contribution in [0, 0.1) is 0 Å². The fourth-order valence-corrected chi connectivity index (χ4v) is 4.82. The van der Waals surface area contributed by atoms with Crippen molar-refractivity contribution < 1.29 is 13.2 Å². The largest absolute Gasteiger partial charge is 0.355 e. The molecule has 168 valence electrons. The molecule has 8 heteroatoms. The molecule has 0 saturated carbocycles. The smallest absolute Gasteiger partial charge is 0.240 e. The fourth-order valence-electron chi connectivity index (χ4n) is 3.76. The number of rotatable bonds is 10. The van der Waals surface area contributed by atoms with E-state index < -0.39 is 10.0 Å². The van der Waals surface area contributed by atoms with Gasteiger partial charge >= 0.3 is 0 Å². The topological polar surface area (TPSA) is 81.8 Å². The highest BCUT2D eigenvalue weighted by molar-refractivity contribution is 7.89. The third kappa shape index (κ3) is 6.87. The molecule has 31 heavy (non-hydrogen) atoms. The Labute approximate surface area is 185 Å². The molecule has 3 rings (SSSR count). The monoisotopic (exact) mass is 444 g/mol. The van der Waals surface area contributed by atoms with Crippen molar-refractivity contribution in [3.05, 3.63) is 66.2 Å². The van der Waals surface area contributed by atoms with E-state index >= 15 is 0 Å². The lowest BCUT2D eigenvalue weighted by Crippen LogP contribution is -2.51. The summed E-state index contributed by atoms with van der Waals surface area (Å²) in [6, 6.07) is 18.3. The first-order valence-corrected chi connectivity index (χ1v) is 12.3. The van der Waals surface area contributed by atoms with Crippen molar-refractivity contribution in [3.8, 4) is 0 Å². The molecule has 0 aromatic heterocycles. The van der Waals surface area contributed by atoms with Gasteiger partial charge in [0.05, 0.1) is 11.4 Å². The summed E-state index contributed by atoms with van der Waals surface area (Å²) in [7, 11) is -3.58. The summed E-state index contributed by atoms with van der Waals surface area (Å²) in [6.07, 6.45) is 0.928. The van der Waals surface area contributed by atoms with Crippen molar-refractivity contribution in [3.63, 3.8) is 0 Å². The van der Waals surface area contributed by atoms with E-state index in [1.807, 2.05) is 37.3 Å². The van der Waals surface area contributed by atoms with Crippen LogP contribution in [0.25, 0.3) is 0 Å². The lowest BCUT2D eigenvalue weighted by Gasteiger charge is -2.39. The number of nitrogens with zero attached hydrogens (tertiary/aromatic N) is 2. The average molecular weight is 445 g/mol. The van der Waals surface area contributed by atoms with Crippen molar-refractivity contribution in [2.45, 2.75) is 24.3 Å². The van der Waals surface area contributed by atoms with Gasteiger partial charge in [0.25, 0.3) is 0 Å². The Bertz CT molecular complexity index is 914. The summed E-state index contributed by atoms with van der Waals surface area (Å²) in [5, 5.41) is 2.92. The number of hydrogen-bond acceptors (Lipinski definition) is 5. The normalized spacial score (nSPS) is 16.7. The van der Waals surface area contributed by atoms with E-state index in [2.05, 4.69) is 19.8 Å². The number of nitrogens with one attached hydrogen (secondary N) is 2. The fraction of sp³-hybridized carbons (Fsp3) is 0.435. The molecule has 1 atom stereocenters. The number of carbonyl (C=O) groups is 1. The molecule has 0 spiro atoms. The van der Waals surface area contributed by atoms with Gasteiger partial charge in [-0.3, -0.25) is 14.6 Å². The molecular weight excluding hydrogens is 412 g/mol. The Morgan fingerprint density at radius 1 is 0.968 bits per heavy atom. The molecule has 1 heterocycles. The molecule has 1 aliphatic rings. The Morgan fingerprint density at radius 3 is 2.19 bits per heavy atom. The number of carbonyl (C=O) groups excluding carboxylic acids is 1. The van der Waals surface area contributed by atoms with Crippen LogP contribution < -0.4 is 10.0 Å². The SMILES string of the molecule is CCCNC(=O)CN1CCN([C@H](CNS(=O)(=O)c2ccccc2)c2ccccc2)CC1. The average Bonchev–Trinajstić information content (AvgIpc) is 2.80. The van der Waals surface area contributed by atoms with Crippen molar-refractivity contribution in [1.29, 1.82) is 0 Å². The molecule has 0 aliphatic carbocycles. The van der Waals surface area contributed by atoms with Crippen LogP contribution in [-0.2, 0) is 14.8 Å². The maximum absolute atomic E-state index is 12.7. The van der Waals surface area contributed by atoms with Crippen LogP contribution in [0.3, 0.4) is 0 Å². The van der Waals surface area contributed by atoms with Gasteiger partial charge in [0.1, 0.15) is 0 Å². The van der Waals surface area contributed by atoms with E-state index in [1.165, 1.54) is 0 Å². The van der Waals surface area contributed by atoms with Gasteiger partial charge < -0.3 is 5.32 Å². The summed E-state index contributed by atoms with van der Waals surface area (Å²) in [6.45, 7) is 6.53. The minimum atomic E-state index is -3.58. The van der Waals surface area contributed by atoms with Gasteiger partial charge in [0.2, 0.25) is 15.9 Å². The summed E-state index contributed by atoms with van der Waals surface area (Å²) in [4.78, 5) is 16.7. The summed E-state index contributed by atoms with van der Waals surface area (Å²) in [5.74, 6) is 0.0607. The maximum Gasteiger partial charge on any atom is 0.240 e. The summed E-state index contributed by atoms with van der Waals surface area (Å²) < 4.78 is 28.2. The van der Waals surface area contributed by atoms with Crippen LogP contribution in [0.2, 0.25) is 0 Å². The Kier molecular flexibility index (Phi) is 8.60. The molecule has 2 aromatic rings. The van der Waals surface area contributed by atoms with Gasteiger partial charge in [-0.2, -0.15) is 0 Å². The molecule has 0 radical (unpaired) electrons. The molecule has 1 fully saturated rings. The Hall–Kier alpha value is -2.26. The maximum atomic E-state index is 12.7. The lowest BCUT2D eigenvalue weighted by atomic mass is 10.0. The second-order valence-electron chi connectivity index (χ2n) is 7.75. The first kappa shape index (κ1) is 23.4. The van der Waals surface area contributed by atoms with Crippen LogP contribution in [-0.4, -0.2) is 69.9 Å². The zero-order valence-corrected chi connectivity index (χ0v) is 18.9.